The molecule has 0 rings (SSSR count). The largest absolute Gasteiger partial charge is 0.459 e. The van der Waals surface area contributed by atoms with E-state index in [1.807, 2.05) is 4.90 Å². The number of rotatable bonds is 16. The van der Waals surface area contributed by atoms with Crippen molar-refractivity contribution in [3.63, 3.8) is 0 Å². The van der Waals surface area contributed by atoms with Crippen LogP contribution in [0.25, 0.3) is 0 Å². The van der Waals surface area contributed by atoms with Crippen LogP contribution in [-0.4, -0.2) is 67.3 Å². The minimum atomic E-state index is -1.68. The summed E-state index contributed by atoms with van der Waals surface area (Å²) in [6, 6.07) is -0.372. The second kappa shape index (κ2) is 14.5. The molecule has 0 aromatic carbocycles. The predicted octanol–water partition coefficient (Wildman–Crippen LogP) is 3.71. The Hall–Kier alpha value is -1.47. The minimum absolute atomic E-state index is 0.310. The zero-order valence-electron chi connectivity index (χ0n) is 19.1. The highest BCUT2D eigenvalue weighted by Gasteiger charge is 2.39. The van der Waals surface area contributed by atoms with E-state index in [0.717, 1.165) is 12.8 Å². The van der Waals surface area contributed by atoms with Crippen LogP contribution in [0.1, 0.15) is 47.0 Å². The van der Waals surface area contributed by atoms with E-state index in [4.69, 9.17) is 14.2 Å². The van der Waals surface area contributed by atoms with E-state index in [9.17, 15) is 9.90 Å². The van der Waals surface area contributed by atoms with Crippen molar-refractivity contribution in [2.75, 3.05) is 27.3 Å². The van der Waals surface area contributed by atoms with Crippen molar-refractivity contribution in [2.45, 2.75) is 71.0 Å². The SMILES string of the molecule is C=CCN(CC=C)[C@H](/C=C/C(OC)(OC)C(=O)OC(C)C)[C@@H](O)CC(CC)CC. The third-order valence-corrected chi connectivity index (χ3v) is 5.02. The molecule has 0 aromatic rings. The highest BCUT2D eigenvalue weighted by molar-refractivity contribution is 5.80. The minimum Gasteiger partial charge on any atom is -0.459 e. The monoisotopic (exact) mass is 411 g/mol. The fourth-order valence-corrected chi connectivity index (χ4v) is 3.22. The number of carbonyl (C=O) groups excluding carboxylic acids is 1. The van der Waals surface area contributed by atoms with Crippen molar-refractivity contribution in [2.24, 2.45) is 5.92 Å². The third-order valence-electron chi connectivity index (χ3n) is 5.02. The fraction of sp³-hybridized carbons (Fsp3) is 0.696. The molecule has 0 aromatic heterocycles. The van der Waals surface area contributed by atoms with Gasteiger partial charge in [0, 0.05) is 27.3 Å². The van der Waals surface area contributed by atoms with Crippen molar-refractivity contribution < 1.29 is 24.1 Å². The Morgan fingerprint density at radius 2 is 1.62 bits per heavy atom. The van der Waals surface area contributed by atoms with Crippen LogP contribution in [0.3, 0.4) is 0 Å². The van der Waals surface area contributed by atoms with Crippen molar-refractivity contribution in [1.29, 1.82) is 0 Å². The first kappa shape index (κ1) is 27.5. The normalized spacial score (nSPS) is 14.6. The maximum Gasteiger partial charge on any atom is 0.371 e. The molecule has 0 heterocycles. The molecular formula is C23H41NO5. The lowest BCUT2D eigenvalue weighted by Gasteiger charge is -2.34. The fourth-order valence-electron chi connectivity index (χ4n) is 3.22. The Labute approximate surface area is 177 Å². The Kier molecular flexibility index (Phi) is 13.8. The molecule has 0 bridgehead atoms. The van der Waals surface area contributed by atoms with Gasteiger partial charge in [0.15, 0.2) is 0 Å². The van der Waals surface area contributed by atoms with Crippen molar-refractivity contribution in [3.05, 3.63) is 37.5 Å². The molecule has 168 valence electrons. The van der Waals surface area contributed by atoms with Crippen molar-refractivity contribution in [1.82, 2.24) is 4.90 Å². The first-order valence-electron chi connectivity index (χ1n) is 10.4. The van der Waals surface area contributed by atoms with Crippen LogP contribution in [0.2, 0.25) is 0 Å². The summed E-state index contributed by atoms with van der Waals surface area (Å²) in [5.41, 5.74) is 0. The second-order valence-electron chi connectivity index (χ2n) is 7.40. The molecule has 0 radical (unpaired) electrons. The van der Waals surface area contributed by atoms with Gasteiger partial charge in [0.05, 0.1) is 18.2 Å². The summed E-state index contributed by atoms with van der Waals surface area (Å²) < 4.78 is 16.1. The lowest BCUT2D eigenvalue weighted by Crippen LogP contribution is -2.46. The number of nitrogens with zero attached hydrogens (tertiary/aromatic N) is 1. The van der Waals surface area contributed by atoms with E-state index >= 15 is 0 Å². The zero-order valence-corrected chi connectivity index (χ0v) is 19.1. The van der Waals surface area contributed by atoms with E-state index in [1.165, 1.54) is 20.3 Å². The lowest BCUT2D eigenvalue weighted by molar-refractivity contribution is -0.214. The summed E-state index contributed by atoms with van der Waals surface area (Å²) in [6.45, 7) is 16.5. The zero-order chi connectivity index (χ0) is 22.4. The van der Waals surface area contributed by atoms with Crippen LogP contribution in [0.4, 0.5) is 0 Å². The molecule has 6 heteroatoms. The quantitative estimate of drug-likeness (QED) is 0.237. The maximum absolute atomic E-state index is 12.6. The summed E-state index contributed by atoms with van der Waals surface area (Å²) in [6.07, 6.45) is 8.53. The molecule has 0 amide bonds. The number of hydrogen-bond donors (Lipinski definition) is 1. The standard InChI is InChI=1S/C23H41NO5/c1-9-15-24(16-10-2)20(21(25)17-19(11-3)12-4)13-14-23(27-7,28-8)22(26)29-18(5)6/h9-10,13-14,18-21,25H,1-2,11-12,15-17H2,3-8H3/b14-13+/t20-,21+/m1/s1. The van der Waals surface area contributed by atoms with Gasteiger partial charge in [-0.25, -0.2) is 4.79 Å². The van der Waals surface area contributed by atoms with Crippen LogP contribution in [0.15, 0.2) is 37.5 Å². The van der Waals surface area contributed by atoms with Crippen LogP contribution in [0.5, 0.6) is 0 Å². The molecule has 1 N–H and O–H groups in total. The van der Waals surface area contributed by atoms with Gasteiger partial charge in [0.2, 0.25) is 0 Å². The number of aliphatic hydroxyl groups is 1. The molecule has 0 aliphatic carbocycles. The van der Waals surface area contributed by atoms with Gasteiger partial charge in [0.25, 0.3) is 5.79 Å². The number of ether oxygens (including phenoxy) is 3. The van der Waals surface area contributed by atoms with Crippen LogP contribution >= 0.6 is 0 Å². The van der Waals surface area contributed by atoms with Crippen LogP contribution < -0.4 is 0 Å². The predicted molar refractivity (Wildman–Crippen MR) is 118 cm³/mol. The molecule has 6 nitrogen and oxygen atoms in total. The average Bonchev–Trinajstić information content (AvgIpc) is 2.69. The van der Waals surface area contributed by atoms with Gasteiger partial charge in [-0.1, -0.05) is 44.9 Å². The molecule has 0 fully saturated rings. The first-order chi connectivity index (χ1) is 13.7. The van der Waals surface area contributed by atoms with Gasteiger partial charge in [-0.3, -0.25) is 4.90 Å². The van der Waals surface area contributed by atoms with E-state index in [1.54, 1.807) is 32.1 Å². The molecular weight excluding hydrogens is 370 g/mol. The summed E-state index contributed by atoms with van der Waals surface area (Å²) >= 11 is 0. The van der Waals surface area contributed by atoms with E-state index in [-0.39, 0.29) is 12.1 Å². The van der Waals surface area contributed by atoms with E-state index < -0.39 is 17.9 Å². The van der Waals surface area contributed by atoms with Crippen molar-refractivity contribution in [3.8, 4) is 0 Å². The van der Waals surface area contributed by atoms with Gasteiger partial charge in [-0.05, 0) is 32.3 Å². The Bertz CT molecular complexity index is 499. The lowest BCUT2D eigenvalue weighted by atomic mass is 9.91. The Morgan fingerprint density at radius 1 is 1.10 bits per heavy atom. The van der Waals surface area contributed by atoms with Gasteiger partial charge >= 0.3 is 5.97 Å². The molecule has 0 spiro atoms. The number of hydrogen-bond acceptors (Lipinski definition) is 6. The number of carbonyl (C=O) groups is 1. The second-order valence-corrected chi connectivity index (χ2v) is 7.40. The van der Waals surface area contributed by atoms with Gasteiger partial charge in [-0.2, -0.15) is 0 Å². The van der Waals surface area contributed by atoms with E-state index in [2.05, 4.69) is 27.0 Å². The van der Waals surface area contributed by atoms with Crippen molar-refractivity contribution >= 4 is 5.97 Å². The maximum atomic E-state index is 12.6. The summed E-state index contributed by atoms with van der Waals surface area (Å²) in [4.78, 5) is 14.6. The average molecular weight is 412 g/mol. The number of esters is 1. The molecule has 0 aliphatic rings. The molecule has 2 atom stereocenters. The summed E-state index contributed by atoms with van der Waals surface area (Å²) in [5, 5.41) is 11.0. The Morgan fingerprint density at radius 3 is 2.00 bits per heavy atom. The molecule has 29 heavy (non-hydrogen) atoms. The molecule has 0 unspecified atom stereocenters. The smallest absolute Gasteiger partial charge is 0.371 e. The van der Waals surface area contributed by atoms with Gasteiger partial charge < -0.3 is 19.3 Å². The molecule has 0 saturated carbocycles. The highest BCUT2D eigenvalue weighted by Crippen LogP contribution is 2.23. The summed E-state index contributed by atoms with van der Waals surface area (Å²) in [7, 11) is 2.77. The molecule has 0 saturated heterocycles. The van der Waals surface area contributed by atoms with Gasteiger partial charge in [0.1, 0.15) is 0 Å². The van der Waals surface area contributed by atoms with Crippen LogP contribution in [-0.2, 0) is 19.0 Å². The highest BCUT2D eigenvalue weighted by atomic mass is 16.7. The molecule has 0 aliphatic heterocycles. The van der Waals surface area contributed by atoms with Crippen LogP contribution in [0, 0.1) is 5.92 Å². The number of aliphatic hydroxyl groups excluding tert-OH is 1. The van der Waals surface area contributed by atoms with E-state index in [0.29, 0.717) is 25.4 Å². The topological polar surface area (TPSA) is 68.2 Å². The first-order valence-corrected chi connectivity index (χ1v) is 10.4. The Balaban J connectivity index is 5.91. The third kappa shape index (κ3) is 8.83. The van der Waals surface area contributed by atoms with Gasteiger partial charge in [-0.15, -0.1) is 13.2 Å². The number of methoxy groups -OCH3 is 2. The summed E-state index contributed by atoms with van der Waals surface area (Å²) in [5.74, 6) is -1.90.